The second-order valence-corrected chi connectivity index (χ2v) is 5.62. The van der Waals surface area contributed by atoms with Crippen LogP contribution in [0.5, 0.6) is 5.75 Å². The molecule has 126 valence electrons. The minimum Gasteiger partial charge on any atom is -0.491 e. The molecule has 6 nitrogen and oxygen atoms in total. The Morgan fingerprint density at radius 1 is 1.33 bits per heavy atom. The summed E-state index contributed by atoms with van der Waals surface area (Å²) in [4.78, 5) is 12.2. The molecule has 2 rings (SSSR count). The number of carbonyl (C=O) groups excluding carboxylic acids is 1. The van der Waals surface area contributed by atoms with Crippen LogP contribution in [-0.2, 0) is 14.3 Å². The van der Waals surface area contributed by atoms with Crippen LogP contribution in [-0.4, -0.2) is 19.2 Å². The van der Waals surface area contributed by atoms with Crippen LogP contribution >= 0.6 is 0 Å². The molecule has 0 aliphatic carbocycles. The Balaban J connectivity index is 2.50. The lowest BCUT2D eigenvalue weighted by Crippen LogP contribution is -2.25. The molecule has 1 aliphatic heterocycles. The highest BCUT2D eigenvalue weighted by Gasteiger charge is 2.35. The molecule has 0 amide bonds. The molecule has 2 N–H and O–H groups in total. The van der Waals surface area contributed by atoms with Gasteiger partial charge in [0.05, 0.1) is 24.7 Å². The van der Waals surface area contributed by atoms with E-state index in [1.807, 2.05) is 19.9 Å². The fourth-order valence-electron chi connectivity index (χ4n) is 2.60. The molecule has 24 heavy (non-hydrogen) atoms. The van der Waals surface area contributed by atoms with Crippen molar-refractivity contribution in [3.8, 4) is 11.8 Å². The fraction of sp³-hybridized carbons (Fsp3) is 0.333. The van der Waals surface area contributed by atoms with Crippen molar-refractivity contribution in [1.29, 1.82) is 5.26 Å². The molecule has 1 atom stereocenters. The Hall–Kier alpha value is -2.94. The molecule has 0 unspecified atom stereocenters. The van der Waals surface area contributed by atoms with Crippen LogP contribution in [0, 0.1) is 11.3 Å². The van der Waals surface area contributed by atoms with Crippen LogP contribution < -0.4 is 10.5 Å². The highest BCUT2D eigenvalue weighted by atomic mass is 16.5. The predicted molar refractivity (Wildman–Crippen MR) is 87.6 cm³/mol. The smallest absolute Gasteiger partial charge is 0.338 e. The van der Waals surface area contributed by atoms with Crippen LogP contribution in [0.25, 0.3) is 0 Å². The number of hydrogen-bond acceptors (Lipinski definition) is 6. The van der Waals surface area contributed by atoms with E-state index in [9.17, 15) is 10.1 Å². The topological polar surface area (TPSA) is 94.6 Å². The SMILES string of the molecule is COC(=O)C1=C(C)OC(N)=C(C#N)[C@@H]1c1ccc(OC(C)C)cc1. The van der Waals surface area contributed by atoms with Gasteiger partial charge in [-0.2, -0.15) is 5.26 Å². The molecule has 1 aliphatic rings. The number of allylic oxidation sites excluding steroid dienone is 2. The minimum absolute atomic E-state index is 0.00448. The van der Waals surface area contributed by atoms with Gasteiger partial charge < -0.3 is 19.9 Å². The van der Waals surface area contributed by atoms with Crippen LogP contribution in [0.3, 0.4) is 0 Å². The lowest BCUT2D eigenvalue weighted by molar-refractivity contribution is -0.136. The summed E-state index contributed by atoms with van der Waals surface area (Å²) in [5, 5.41) is 9.46. The first-order valence-corrected chi connectivity index (χ1v) is 7.52. The average molecular weight is 328 g/mol. The maximum absolute atomic E-state index is 12.2. The molecule has 6 heteroatoms. The molecule has 0 saturated heterocycles. The van der Waals surface area contributed by atoms with Crippen LogP contribution in [0.4, 0.5) is 0 Å². The van der Waals surface area contributed by atoms with Gasteiger partial charge in [0.2, 0.25) is 5.88 Å². The number of esters is 1. The summed E-state index contributed by atoms with van der Waals surface area (Å²) in [6.07, 6.45) is 0.0527. The first kappa shape index (κ1) is 17.4. The Kier molecular flexibility index (Phi) is 5.14. The van der Waals surface area contributed by atoms with Crippen molar-refractivity contribution in [2.45, 2.75) is 32.8 Å². The number of ether oxygens (including phenoxy) is 3. The standard InChI is InChI=1S/C18H20N2O4/c1-10(2)23-13-7-5-12(6-8-13)16-14(9-19)17(20)24-11(3)15(16)18(21)22-4/h5-8,10,16H,20H2,1-4H3/t16-/m0/s1. The summed E-state index contributed by atoms with van der Waals surface area (Å²) < 4.78 is 15.8. The van der Waals surface area contributed by atoms with Gasteiger partial charge in [-0.3, -0.25) is 0 Å². The Bertz CT molecular complexity index is 739. The van der Waals surface area contributed by atoms with Crippen molar-refractivity contribution < 1.29 is 19.0 Å². The summed E-state index contributed by atoms with van der Waals surface area (Å²) in [6.45, 7) is 5.49. The third kappa shape index (κ3) is 3.35. The van der Waals surface area contributed by atoms with Gasteiger partial charge in [0.15, 0.2) is 0 Å². The molecule has 0 bridgehead atoms. The average Bonchev–Trinajstić information content (AvgIpc) is 2.54. The fourth-order valence-corrected chi connectivity index (χ4v) is 2.60. The maximum Gasteiger partial charge on any atom is 0.338 e. The summed E-state index contributed by atoms with van der Waals surface area (Å²) >= 11 is 0. The summed E-state index contributed by atoms with van der Waals surface area (Å²) in [6, 6.07) is 9.22. The number of nitrogens with two attached hydrogens (primary N) is 1. The second kappa shape index (κ2) is 7.09. The number of nitriles is 1. The van der Waals surface area contributed by atoms with E-state index >= 15 is 0 Å². The van der Waals surface area contributed by atoms with Gasteiger partial charge in [0.1, 0.15) is 23.2 Å². The summed E-state index contributed by atoms with van der Waals surface area (Å²) in [5.41, 5.74) is 7.01. The van der Waals surface area contributed by atoms with E-state index in [0.717, 1.165) is 5.56 Å². The van der Waals surface area contributed by atoms with Gasteiger partial charge in [0, 0.05) is 0 Å². The van der Waals surface area contributed by atoms with Gasteiger partial charge in [0.25, 0.3) is 0 Å². The monoisotopic (exact) mass is 328 g/mol. The van der Waals surface area contributed by atoms with Gasteiger partial charge in [-0.15, -0.1) is 0 Å². The third-order valence-corrected chi connectivity index (χ3v) is 3.60. The van der Waals surface area contributed by atoms with Crippen molar-refractivity contribution in [3.05, 3.63) is 52.6 Å². The Morgan fingerprint density at radius 2 is 1.96 bits per heavy atom. The Labute approximate surface area is 141 Å². The quantitative estimate of drug-likeness (QED) is 0.854. The van der Waals surface area contributed by atoms with Gasteiger partial charge in [-0.1, -0.05) is 12.1 Å². The van der Waals surface area contributed by atoms with Crippen LogP contribution in [0.1, 0.15) is 32.3 Å². The van der Waals surface area contributed by atoms with Gasteiger partial charge in [-0.05, 0) is 38.5 Å². The molecule has 1 aromatic rings. The van der Waals surface area contributed by atoms with Crippen molar-refractivity contribution >= 4 is 5.97 Å². The molecule has 0 saturated carbocycles. The largest absolute Gasteiger partial charge is 0.491 e. The number of benzene rings is 1. The van der Waals surface area contributed by atoms with E-state index in [2.05, 4.69) is 0 Å². The molecule has 0 spiro atoms. The van der Waals surface area contributed by atoms with E-state index in [1.165, 1.54) is 7.11 Å². The van der Waals surface area contributed by atoms with Crippen molar-refractivity contribution in [1.82, 2.24) is 0 Å². The second-order valence-electron chi connectivity index (χ2n) is 5.62. The highest BCUT2D eigenvalue weighted by molar-refractivity contribution is 5.92. The third-order valence-electron chi connectivity index (χ3n) is 3.60. The van der Waals surface area contributed by atoms with E-state index in [-0.39, 0.29) is 23.1 Å². The molecular weight excluding hydrogens is 308 g/mol. The van der Waals surface area contributed by atoms with Crippen LogP contribution in [0.2, 0.25) is 0 Å². The number of nitrogens with zero attached hydrogens (tertiary/aromatic N) is 1. The van der Waals surface area contributed by atoms with E-state index < -0.39 is 11.9 Å². The van der Waals surface area contributed by atoms with Crippen molar-refractivity contribution in [3.63, 3.8) is 0 Å². The Morgan fingerprint density at radius 3 is 2.46 bits per heavy atom. The van der Waals surface area contributed by atoms with Gasteiger partial charge in [-0.25, -0.2) is 4.79 Å². The number of rotatable bonds is 4. The minimum atomic E-state index is -0.635. The molecule has 0 fully saturated rings. The zero-order chi connectivity index (χ0) is 17.9. The zero-order valence-electron chi connectivity index (χ0n) is 14.1. The summed E-state index contributed by atoms with van der Waals surface area (Å²) in [7, 11) is 1.28. The number of methoxy groups -OCH3 is 1. The van der Waals surface area contributed by atoms with E-state index in [1.54, 1.807) is 31.2 Å². The van der Waals surface area contributed by atoms with E-state index in [0.29, 0.717) is 11.5 Å². The van der Waals surface area contributed by atoms with E-state index in [4.69, 9.17) is 19.9 Å². The molecule has 1 aromatic carbocycles. The predicted octanol–water partition coefficient (Wildman–Crippen LogP) is 2.73. The maximum atomic E-state index is 12.2. The highest BCUT2D eigenvalue weighted by Crippen LogP contribution is 2.39. The number of carbonyl (C=O) groups is 1. The summed E-state index contributed by atoms with van der Waals surface area (Å²) in [5.74, 6) is -0.165. The lowest BCUT2D eigenvalue weighted by Gasteiger charge is -2.26. The molecule has 0 aromatic heterocycles. The van der Waals surface area contributed by atoms with Crippen molar-refractivity contribution in [2.24, 2.45) is 5.73 Å². The lowest BCUT2D eigenvalue weighted by atomic mass is 9.83. The van der Waals surface area contributed by atoms with Gasteiger partial charge >= 0.3 is 5.97 Å². The van der Waals surface area contributed by atoms with Crippen LogP contribution in [0.15, 0.2) is 47.1 Å². The molecule has 1 heterocycles. The van der Waals surface area contributed by atoms with Crippen molar-refractivity contribution in [2.75, 3.05) is 7.11 Å². The number of hydrogen-bond donors (Lipinski definition) is 1. The normalized spacial score (nSPS) is 17.4. The first-order valence-electron chi connectivity index (χ1n) is 7.52. The molecule has 0 radical (unpaired) electrons. The zero-order valence-corrected chi connectivity index (χ0v) is 14.1. The first-order chi connectivity index (χ1) is 11.4. The molecular formula is C18H20N2O4.